The molecule has 2 rings (SSSR count). The zero-order chi connectivity index (χ0) is 20.2. The van der Waals surface area contributed by atoms with Crippen molar-refractivity contribution >= 4 is 27.5 Å². The van der Waals surface area contributed by atoms with Gasteiger partial charge < -0.3 is 4.74 Å². The molecule has 0 saturated heterocycles. The number of benzene rings is 2. The van der Waals surface area contributed by atoms with Crippen molar-refractivity contribution in [1.82, 2.24) is 0 Å². The Labute approximate surface area is 159 Å². The molecule has 0 bridgehead atoms. The largest absolute Gasteiger partial charge is 0.454 e. The Kier molecular flexibility index (Phi) is 6.05. The van der Waals surface area contributed by atoms with E-state index in [0.717, 1.165) is 11.8 Å². The van der Waals surface area contributed by atoms with Crippen molar-refractivity contribution < 1.29 is 22.7 Å². The van der Waals surface area contributed by atoms with E-state index in [1.54, 1.807) is 13.8 Å². The van der Waals surface area contributed by atoms with E-state index >= 15 is 0 Å². The molecule has 0 heterocycles. The highest BCUT2D eigenvalue weighted by Gasteiger charge is 2.33. The van der Waals surface area contributed by atoms with Crippen molar-refractivity contribution in [3.05, 3.63) is 65.7 Å². The fourth-order valence-corrected chi connectivity index (χ4v) is 3.05. The Bertz CT molecular complexity index is 919. The highest BCUT2D eigenvalue weighted by Crippen LogP contribution is 2.25. The summed E-state index contributed by atoms with van der Waals surface area (Å²) in [6.45, 7) is 5.00. The van der Waals surface area contributed by atoms with Crippen LogP contribution in [0.15, 0.2) is 54.6 Å². The van der Waals surface area contributed by atoms with Gasteiger partial charge in [-0.25, -0.2) is 8.42 Å². The van der Waals surface area contributed by atoms with Crippen LogP contribution in [0.2, 0.25) is 0 Å². The van der Waals surface area contributed by atoms with E-state index in [1.165, 1.54) is 31.2 Å². The van der Waals surface area contributed by atoms with Crippen LogP contribution in [0.1, 0.15) is 36.7 Å². The third-order valence-corrected chi connectivity index (χ3v) is 4.74. The molecule has 0 aliphatic rings. The molecule has 1 atom stereocenters. The number of ketones is 1. The summed E-state index contributed by atoms with van der Waals surface area (Å²) in [5.74, 6) is -0.858. The maximum absolute atomic E-state index is 12.6. The van der Waals surface area contributed by atoms with Crippen LogP contribution in [0.3, 0.4) is 0 Å². The molecule has 1 N–H and O–H groups in total. The van der Waals surface area contributed by atoms with Gasteiger partial charge in [-0.15, -0.1) is 0 Å². The Balaban J connectivity index is 2.08. The molecule has 7 heteroatoms. The first-order valence-corrected chi connectivity index (χ1v) is 10.3. The number of ether oxygens (including phenoxy) is 1. The van der Waals surface area contributed by atoms with Crippen molar-refractivity contribution in [2.24, 2.45) is 0 Å². The Morgan fingerprint density at radius 2 is 1.56 bits per heavy atom. The lowest BCUT2D eigenvalue weighted by Gasteiger charge is -2.25. The Morgan fingerprint density at radius 1 is 1.00 bits per heavy atom. The number of hydrogen-bond acceptors (Lipinski definition) is 5. The lowest BCUT2D eigenvalue weighted by molar-refractivity contribution is -0.152. The molecule has 0 spiro atoms. The number of sulfonamides is 1. The van der Waals surface area contributed by atoms with Crippen LogP contribution in [-0.2, 0) is 25.0 Å². The molecule has 6 nitrogen and oxygen atoms in total. The van der Waals surface area contributed by atoms with E-state index in [4.69, 9.17) is 4.74 Å². The second-order valence-corrected chi connectivity index (χ2v) is 8.60. The molecule has 0 radical (unpaired) electrons. The van der Waals surface area contributed by atoms with Gasteiger partial charge in [0, 0.05) is 11.3 Å². The number of anilines is 1. The van der Waals surface area contributed by atoms with E-state index in [2.05, 4.69) is 4.72 Å². The van der Waals surface area contributed by atoms with Gasteiger partial charge >= 0.3 is 5.97 Å². The van der Waals surface area contributed by atoms with Crippen molar-refractivity contribution in [1.29, 1.82) is 0 Å². The predicted octanol–water partition coefficient (Wildman–Crippen LogP) is 3.15. The number of rotatable bonds is 7. The highest BCUT2D eigenvalue weighted by atomic mass is 32.2. The standard InChI is InChI=1S/C20H23NO5S/c1-14(26-19(23)20(2,3)16-8-6-5-7-9-16)18(22)15-10-12-17(13-11-15)21-27(4,24)25/h5-14,21H,1-4H3/t14-/m0/s1. The second kappa shape index (κ2) is 7.92. The van der Waals surface area contributed by atoms with E-state index in [9.17, 15) is 18.0 Å². The van der Waals surface area contributed by atoms with Crippen molar-refractivity contribution in [3.63, 3.8) is 0 Å². The average Bonchev–Trinajstić information content (AvgIpc) is 2.61. The molecule has 0 fully saturated rings. The lowest BCUT2D eigenvalue weighted by Crippen LogP contribution is -2.35. The van der Waals surface area contributed by atoms with Gasteiger partial charge in [0.1, 0.15) is 0 Å². The number of nitrogens with one attached hydrogen (secondary N) is 1. The van der Waals surface area contributed by atoms with Crippen LogP contribution in [0, 0.1) is 0 Å². The Hall–Kier alpha value is -2.67. The van der Waals surface area contributed by atoms with Gasteiger partial charge in [0.25, 0.3) is 0 Å². The van der Waals surface area contributed by atoms with Gasteiger partial charge in [0.2, 0.25) is 15.8 Å². The van der Waals surface area contributed by atoms with Crippen molar-refractivity contribution in [3.8, 4) is 0 Å². The van der Waals surface area contributed by atoms with E-state index in [-0.39, 0.29) is 5.78 Å². The van der Waals surface area contributed by atoms with Gasteiger partial charge in [0.05, 0.1) is 11.7 Å². The molecule has 0 aromatic heterocycles. The topological polar surface area (TPSA) is 89.5 Å². The lowest BCUT2D eigenvalue weighted by atomic mass is 9.85. The van der Waals surface area contributed by atoms with E-state index in [0.29, 0.717) is 11.3 Å². The quantitative estimate of drug-likeness (QED) is 0.580. The summed E-state index contributed by atoms with van der Waals surface area (Å²) in [6, 6.07) is 15.1. The molecule has 0 aliphatic carbocycles. The molecule has 0 aliphatic heterocycles. The van der Waals surface area contributed by atoms with Gasteiger partial charge in [-0.1, -0.05) is 30.3 Å². The Morgan fingerprint density at radius 3 is 2.07 bits per heavy atom. The number of hydrogen-bond donors (Lipinski definition) is 1. The summed E-state index contributed by atoms with van der Waals surface area (Å²) >= 11 is 0. The maximum atomic E-state index is 12.6. The first kappa shape index (κ1) is 20.6. The first-order chi connectivity index (χ1) is 12.5. The summed E-state index contributed by atoms with van der Waals surface area (Å²) < 4.78 is 30.2. The fraction of sp³-hybridized carbons (Fsp3) is 0.300. The van der Waals surface area contributed by atoms with Crippen LogP contribution < -0.4 is 4.72 Å². The van der Waals surface area contributed by atoms with Gasteiger partial charge in [-0.3, -0.25) is 14.3 Å². The molecule has 144 valence electrons. The minimum absolute atomic E-state index is 0.326. The molecule has 2 aromatic carbocycles. The van der Waals surface area contributed by atoms with Crippen LogP contribution in [-0.4, -0.2) is 32.5 Å². The van der Waals surface area contributed by atoms with Crippen LogP contribution in [0.4, 0.5) is 5.69 Å². The van der Waals surface area contributed by atoms with Gasteiger partial charge in [0.15, 0.2) is 6.10 Å². The third kappa shape index (κ3) is 5.40. The molecule has 2 aromatic rings. The smallest absolute Gasteiger partial charge is 0.316 e. The molecular weight excluding hydrogens is 366 g/mol. The number of carbonyl (C=O) groups excluding carboxylic acids is 2. The fourth-order valence-electron chi connectivity index (χ4n) is 2.49. The zero-order valence-corrected chi connectivity index (χ0v) is 16.5. The summed E-state index contributed by atoms with van der Waals surface area (Å²) in [5.41, 5.74) is 0.584. The minimum atomic E-state index is -3.39. The van der Waals surface area contributed by atoms with Crippen molar-refractivity contribution in [2.75, 3.05) is 11.0 Å². The number of carbonyl (C=O) groups is 2. The summed E-state index contributed by atoms with van der Waals surface area (Å²) in [4.78, 5) is 25.1. The predicted molar refractivity (Wildman–Crippen MR) is 104 cm³/mol. The van der Waals surface area contributed by atoms with Crippen molar-refractivity contribution in [2.45, 2.75) is 32.3 Å². The third-order valence-electron chi connectivity index (χ3n) is 4.13. The molecule has 27 heavy (non-hydrogen) atoms. The zero-order valence-electron chi connectivity index (χ0n) is 15.7. The molecule has 0 amide bonds. The number of esters is 1. The van der Waals surface area contributed by atoms with Gasteiger partial charge in [-0.2, -0.15) is 0 Å². The van der Waals surface area contributed by atoms with Crippen LogP contribution in [0.25, 0.3) is 0 Å². The highest BCUT2D eigenvalue weighted by molar-refractivity contribution is 7.92. The summed E-state index contributed by atoms with van der Waals surface area (Å²) in [5, 5.41) is 0. The minimum Gasteiger partial charge on any atom is -0.454 e. The normalized spacial score (nSPS) is 12.9. The summed E-state index contributed by atoms with van der Waals surface area (Å²) in [6.07, 6.45) is 0.0800. The van der Waals surface area contributed by atoms with Gasteiger partial charge in [-0.05, 0) is 50.6 Å². The van der Waals surface area contributed by atoms with E-state index in [1.807, 2.05) is 30.3 Å². The summed E-state index contributed by atoms with van der Waals surface area (Å²) in [7, 11) is -3.39. The first-order valence-electron chi connectivity index (χ1n) is 8.39. The molecular formula is C20H23NO5S. The van der Waals surface area contributed by atoms with Crippen LogP contribution in [0.5, 0.6) is 0 Å². The maximum Gasteiger partial charge on any atom is 0.316 e. The number of Topliss-reactive ketones (excluding diaryl/α,β-unsaturated/α-hetero) is 1. The van der Waals surface area contributed by atoms with E-state index < -0.39 is 27.5 Å². The van der Waals surface area contributed by atoms with Crippen LogP contribution >= 0.6 is 0 Å². The monoisotopic (exact) mass is 389 g/mol. The second-order valence-electron chi connectivity index (χ2n) is 6.85. The SMILES string of the molecule is C[C@H](OC(=O)C(C)(C)c1ccccc1)C(=O)c1ccc(NS(C)(=O)=O)cc1. The molecule has 0 unspecified atom stereocenters. The average molecular weight is 389 g/mol. The molecule has 0 saturated carbocycles.